The van der Waals surface area contributed by atoms with Gasteiger partial charge in [-0.2, -0.15) is 0 Å². The van der Waals surface area contributed by atoms with E-state index in [1.165, 1.54) is 24.2 Å². The molecule has 160 valence electrons. The highest BCUT2D eigenvalue weighted by atomic mass is 32.1. The Bertz CT molecular complexity index is 1000. The molecule has 1 saturated carbocycles. The molecule has 31 heavy (non-hydrogen) atoms. The van der Waals surface area contributed by atoms with Gasteiger partial charge in [0, 0.05) is 24.3 Å². The normalized spacial score (nSPS) is 14.7. The fourth-order valence-corrected chi connectivity index (χ4v) is 4.64. The summed E-state index contributed by atoms with van der Waals surface area (Å²) in [6.07, 6.45) is 11.9. The van der Waals surface area contributed by atoms with E-state index in [-0.39, 0.29) is 11.8 Å². The van der Waals surface area contributed by atoms with Crippen molar-refractivity contribution in [3.63, 3.8) is 0 Å². The molecule has 4 rings (SSSR count). The van der Waals surface area contributed by atoms with Gasteiger partial charge in [0.05, 0.1) is 21.8 Å². The molecule has 0 aliphatic heterocycles. The summed E-state index contributed by atoms with van der Waals surface area (Å²) >= 11 is 1.35. The maximum atomic E-state index is 12.9. The van der Waals surface area contributed by atoms with Crippen LogP contribution < -0.4 is 16.0 Å². The number of carbonyl (C=O) groups is 2. The van der Waals surface area contributed by atoms with Gasteiger partial charge in [0.2, 0.25) is 5.91 Å². The number of rotatable bonds is 8. The monoisotopic (exact) mass is 435 g/mol. The molecule has 1 aliphatic rings. The highest BCUT2D eigenvalue weighted by Crippen LogP contribution is 2.30. The van der Waals surface area contributed by atoms with Crippen molar-refractivity contribution < 1.29 is 9.59 Å². The van der Waals surface area contributed by atoms with Crippen LogP contribution in [0, 0.1) is 5.92 Å². The van der Waals surface area contributed by atoms with Crippen LogP contribution in [-0.4, -0.2) is 27.8 Å². The Morgan fingerprint density at radius 3 is 2.55 bits per heavy atom. The summed E-state index contributed by atoms with van der Waals surface area (Å²) in [5, 5.41) is 9.95. The molecule has 7 nitrogen and oxygen atoms in total. The maximum absolute atomic E-state index is 12.9. The Balaban J connectivity index is 1.43. The van der Waals surface area contributed by atoms with Crippen LogP contribution in [-0.2, 0) is 4.79 Å². The Morgan fingerprint density at radius 1 is 1.00 bits per heavy atom. The lowest BCUT2D eigenvalue weighted by atomic mass is 9.97. The topological polar surface area (TPSA) is 96.0 Å². The largest absolute Gasteiger partial charge is 0.347 e. The van der Waals surface area contributed by atoms with E-state index in [2.05, 4.69) is 25.9 Å². The first-order valence-electron chi connectivity index (χ1n) is 10.5. The van der Waals surface area contributed by atoms with Gasteiger partial charge < -0.3 is 16.0 Å². The van der Waals surface area contributed by atoms with Crippen molar-refractivity contribution in [3.8, 4) is 0 Å². The van der Waals surface area contributed by atoms with Crippen LogP contribution in [0.4, 0.5) is 16.4 Å². The zero-order chi connectivity index (χ0) is 21.5. The number of hydrogen-bond donors (Lipinski definition) is 3. The molecular formula is C23H25N5O2S. The lowest BCUT2D eigenvalue weighted by Crippen LogP contribution is -2.44. The zero-order valence-electron chi connectivity index (χ0n) is 17.1. The van der Waals surface area contributed by atoms with Crippen molar-refractivity contribution in [2.45, 2.75) is 38.1 Å². The molecule has 3 heterocycles. The lowest BCUT2D eigenvalue weighted by Gasteiger charge is -2.21. The number of anilines is 3. The molecule has 0 spiro atoms. The van der Waals surface area contributed by atoms with Crippen LogP contribution >= 0.6 is 11.3 Å². The molecule has 8 heteroatoms. The second kappa shape index (κ2) is 10.2. The summed E-state index contributed by atoms with van der Waals surface area (Å²) in [7, 11) is 0. The van der Waals surface area contributed by atoms with E-state index in [0.29, 0.717) is 22.9 Å². The molecule has 1 fully saturated rings. The minimum atomic E-state index is -0.588. The predicted octanol–water partition coefficient (Wildman–Crippen LogP) is 4.60. The van der Waals surface area contributed by atoms with Gasteiger partial charge in [-0.05, 0) is 48.7 Å². The van der Waals surface area contributed by atoms with E-state index in [4.69, 9.17) is 0 Å². The second-order valence-electron chi connectivity index (χ2n) is 7.67. The molecule has 2 amide bonds. The first-order valence-corrected chi connectivity index (χ1v) is 11.3. The zero-order valence-corrected chi connectivity index (χ0v) is 17.9. The molecule has 0 bridgehead atoms. The number of pyridine rings is 2. The predicted molar refractivity (Wildman–Crippen MR) is 123 cm³/mol. The second-order valence-corrected chi connectivity index (χ2v) is 8.75. The van der Waals surface area contributed by atoms with Gasteiger partial charge in [0.15, 0.2) is 0 Å². The third-order valence-corrected chi connectivity index (χ3v) is 6.37. The number of amides is 2. The first-order chi connectivity index (χ1) is 15.2. The van der Waals surface area contributed by atoms with Crippen LogP contribution in [0.15, 0.2) is 61.2 Å². The third kappa shape index (κ3) is 5.88. The standard InChI is InChI=1S/C23H25N5O2S/c29-22(27-18-6-3-11-25-15-18)19(14-16-4-1-2-5-16)28-23(30)20-7-8-21(31-20)26-17-9-12-24-13-10-17/h3,6-13,15-16,19H,1-2,4-5,14H2,(H,24,26)(H,27,29)(H,28,30)/t19-/m0/s1. The lowest BCUT2D eigenvalue weighted by molar-refractivity contribution is -0.118. The molecule has 1 aliphatic carbocycles. The summed E-state index contributed by atoms with van der Waals surface area (Å²) < 4.78 is 0. The van der Waals surface area contributed by atoms with E-state index in [0.717, 1.165) is 23.5 Å². The van der Waals surface area contributed by atoms with E-state index < -0.39 is 6.04 Å². The number of hydrogen-bond acceptors (Lipinski definition) is 6. The van der Waals surface area contributed by atoms with Gasteiger partial charge in [-0.15, -0.1) is 11.3 Å². The molecule has 0 unspecified atom stereocenters. The minimum Gasteiger partial charge on any atom is -0.347 e. The quantitative estimate of drug-likeness (QED) is 0.481. The van der Waals surface area contributed by atoms with E-state index in [9.17, 15) is 9.59 Å². The molecule has 1 atom stereocenters. The van der Waals surface area contributed by atoms with Gasteiger partial charge >= 0.3 is 0 Å². The summed E-state index contributed by atoms with van der Waals surface area (Å²) in [6, 6.07) is 10.3. The van der Waals surface area contributed by atoms with Crippen molar-refractivity contribution in [1.82, 2.24) is 15.3 Å². The van der Waals surface area contributed by atoms with Crippen LogP contribution in [0.25, 0.3) is 0 Å². The third-order valence-electron chi connectivity index (χ3n) is 5.37. The van der Waals surface area contributed by atoms with Gasteiger partial charge in [-0.1, -0.05) is 25.7 Å². The Kier molecular flexibility index (Phi) is 6.89. The Hall–Kier alpha value is -3.26. The van der Waals surface area contributed by atoms with Crippen LogP contribution in [0.5, 0.6) is 0 Å². The SMILES string of the molecule is O=C(N[C@@H](CC1CCCC1)C(=O)Nc1cccnc1)c1ccc(Nc2ccncc2)s1. The van der Waals surface area contributed by atoms with Crippen LogP contribution in [0.3, 0.4) is 0 Å². The highest BCUT2D eigenvalue weighted by molar-refractivity contribution is 7.18. The fourth-order valence-electron chi connectivity index (χ4n) is 3.81. The van der Waals surface area contributed by atoms with E-state index >= 15 is 0 Å². The fraction of sp³-hybridized carbons (Fsp3) is 0.304. The summed E-state index contributed by atoms with van der Waals surface area (Å²) in [5.74, 6) is 0.00857. The van der Waals surface area contributed by atoms with Crippen LogP contribution in [0.1, 0.15) is 41.8 Å². The summed E-state index contributed by atoms with van der Waals surface area (Å²) in [6.45, 7) is 0. The summed E-state index contributed by atoms with van der Waals surface area (Å²) in [4.78, 5) is 34.5. The molecule has 0 radical (unpaired) electrons. The number of nitrogens with one attached hydrogen (secondary N) is 3. The minimum absolute atomic E-state index is 0.208. The number of carbonyl (C=O) groups excluding carboxylic acids is 2. The average Bonchev–Trinajstić information content (AvgIpc) is 3.47. The van der Waals surface area contributed by atoms with Crippen molar-refractivity contribution in [3.05, 3.63) is 66.1 Å². The molecule has 3 aromatic rings. The van der Waals surface area contributed by atoms with Crippen molar-refractivity contribution in [2.24, 2.45) is 5.92 Å². The highest BCUT2D eigenvalue weighted by Gasteiger charge is 2.27. The number of aromatic nitrogens is 2. The first kappa shape index (κ1) is 21.0. The van der Waals surface area contributed by atoms with Gasteiger partial charge in [0.1, 0.15) is 6.04 Å². The van der Waals surface area contributed by atoms with Gasteiger partial charge in [0.25, 0.3) is 5.91 Å². The Labute approximate surface area is 185 Å². The molecule has 3 N–H and O–H groups in total. The van der Waals surface area contributed by atoms with Crippen molar-refractivity contribution >= 4 is 39.5 Å². The van der Waals surface area contributed by atoms with Gasteiger partial charge in [-0.25, -0.2) is 0 Å². The maximum Gasteiger partial charge on any atom is 0.262 e. The van der Waals surface area contributed by atoms with Gasteiger partial charge in [-0.3, -0.25) is 19.6 Å². The molecule has 0 saturated heterocycles. The molecular weight excluding hydrogens is 410 g/mol. The Morgan fingerprint density at radius 2 is 1.81 bits per heavy atom. The summed E-state index contributed by atoms with van der Waals surface area (Å²) in [5.41, 5.74) is 1.52. The van der Waals surface area contributed by atoms with Crippen LogP contribution in [0.2, 0.25) is 0 Å². The molecule has 3 aromatic heterocycles. The van der Waals surface area contributed by atoms with E-state index in [1.54, 1.807) is 43.0 Å². The number of thiophene rings is 1. The number of nitrogens with zero attached hydrogens (tertiary/aromatic N) is 2. The van der Waals surface area contributed by atoms with Crippen molar-refractivity contribution in [2.75, 3.05) is 10.6 Å². The molecule has 0 aromatic carbocycles. The van der Waals surface area contributed by atoms with Crippen molar-refractivity contribution in [1.29, 1.82) is 0 Å². The average molecular weight is 436 g/mol. The van der Waals surface area contributed by atoms with E-state index in [1.807, 2.05) is 18.2 Å². The smallest absolute Gasteiger partial charge is 0.262 e.